The first-order chi connectivity index (χ1) is 8.70. The normalized spacial score (nSPS) is 10.1. The van der Waals surface area contributed by atoms with Crippen LogP contribution in [0.15, 0.2) is 41.2 Å². The van der Waals surface area contributed by atoms with E-state index in [9.17, 15) is 4.79 Å². The molecule has 0 radical (unpaired) electrons. The molecule has 18 heavy (non-hydrogen) atoms. The fraction of sp³-hybridized carbons (Fsp3) is 0.154. The maximum absolute atomic E-state index is 11.6. The first-order valence-corrected chi connectivity index (χ1v) is 5.43. The van der Waals surface area contributed by atoms with Crippen LogP contribution in [0.25, 0.3) is 0 Å². The lowest BCUT2D eigenvalue weighted by Crippen LogP contribution is -2.08. The van der Waals surface area contributed by atoms with E-state index < -0.39 is 5.97 Å². The fourth-order valence-corrected chi connectivity index (χ4v) is 1.59. The van der Waals surface area contributed by atoms with Crippen molar-refractivity contribution in [3.8, 4) is 0 Å². The lowest BCUT2D eigenvalue weighted by molar-refractivity contribution is 0.0602. The molecule has 0 amide bonds. The summed E-state index contributed by atoms with van der Waals surface area (Å²) < 4.78 is 9.69. The Morgan fingerprint density at radius 3 is 2.94 bits per heavy atom. The molecule has 2 rings (SSSR count). The van der Waals surface area contributed by atoms with E-state index in [0.29, 0.717) is 23.5 Å². The van der Waals surface area contributed by atoms with Crippen LogP contribution >= 0.6 is 0 Å². The van der Waals surface area contributed by atoms with Crippen molar-refractivity contribution in [2.45, 2.75) is 6.54 Å². The third kappa shape index (κ3) is 2.63. The second-order valence-electron chi connectivity index (χ2n) is 3.78. The quantitative estimate of drug-likeness (QED) is 0.639. The molecule has 1 heterocycles. The van der Waals surface area contributed by atoms with Gasteiger partial charge < -0.3 is 20.2 Å². The zero-order valence-corrected chi connectivity index (χ0v) is 9.97. The van der Waals surface area contributed by atoms with E-state index in [1.54, 1.807) is 30.7 Å². The molecule has 2 aromatic rings. The van der Waals surface area contributed by atoms with Gasteiger partial charge in [0.15, 0.2) is 0 Å². The summed E-state index contributed by atoms with van der Waals surface area (Å²) >= 11 is 0. The van der Waals surface area contributed by atoms with Crippen LogP contribution in [0.4, 0.5) is 11.4 Å². The molecule has 5 heteroatoms. The number of furan rings is 1. The SMILES string of the molecule is COC(=O)c1cc(N)ccc1NCc1ccoc1. The highest BCUT2D eigenvalue weighted by molar-refractivity contribution is 5.96. The Morgan fingerprint density at radius 1 is 1.44 bits per heavy atom. The minimum absolute atomic E-state index is 0.418. The number of nitrogens with two attached hydrogens (primary N) is 1. The minimum Gasteiger partial charge on any atom is -0.472 e. The van der Waals surface area contributed by atoms with Crippen molar-refractivity contribution in [1.82, 2.24) is 0 Å². The highest BCUT2D eigenvalue weighted by Gasteiger charge is 2.12. The Hall–Kier alpha value is -2.43. The lowest BCUT2D eigenvalue weighted by atomic mass is 10.1. The fourth-order valence-electron chi connectivity index (χ4n) is 1.59. The van der Waals surface area contributed by atoms with E-state index in [-0.39, 0.29) is 0 Å². The average molecular weight is 246 g/mol. The first kappa shape index (κ1) is 12.0. The van der Waals surface area contributed by atoms with Crippen molar-refractivity contribution < 1.29 is 13.9 Å². The number of esters is 1. The van der Waals surface area contributed by atoms with Crippen LogP contribution < -0.4 is 11.1 Å². The second-order valence-corrected chi connectivity index (χ2v) is 3.78. The molecule has 0 atom stereocenters. The molecule has 94 valence electrons. The number of hydrogen-bond donors (Lipinski definition) is 2. The van der Waals surface area contributed by atoms with Gasteiger partial charge in [-0.15, -0.1) is 0 Å². The largest absolute Gasteiger partial charge is 0.472 e. The molecule has 1 aromatic carbocycles. The summed E-state index contributed by atoms with van der Waals surface area (Å²) in [6.45, 7) is 0.560. The number of rotatable bonds is 4. The number of hydrogen-bond acceptors (Lipinski definition) is 5. The highest BCUT2D eigenvalue weighted by atomic mass is 16.5. The molecule has 0 fully saturated rings. The number of ether oxygens (including phenoxy) is 1. The molecular weight excluding hydrogens is 232 g/mol. The lowest BCUT2D eigenvalue weighted by Gasteiger charge is -2.10. The summed E-state index contributed by atoms with van der Waals surface area (Å²) in [5.74, 6) is -0.419. The number of carbonyl (C=O) groups is 1. The summed E-state index contributed by atoms with van der Waals surface area (Å²) in [6.07, 6.45) is 3.24. The zero-order valence-electron chi connectivity index (χ0n) is 9.97. The van der Waals surface area contributed by atoms with Gasteiger partial charge in [0.25, 0.3) is 0 Å². The molecule has 0 saturated carbocycles. The van der Waals surface area contributed by atoms with E-state index in [4.69, 9.17) is 14.9 Å². The molecule has 1 aromatic heterocycles. The van der Waals surface area contributed by atoms with Crippen molar-refractivity contribution in [3.05, 3.63) is 47.9 Å². The summed E-state index contributed by atoms with van der Waals surface area (Å²) in [5, 5.41) is 3.14. The number of carbonyl (C=O) groups excluding carboxylic acids is 1. The molecule has 0 spiro atoms. The van der Waals surface area contributed by atoms with Gasteiger partial charge in [0.2, 0.25) is 0 Å². The van der Waals surface area contributed by atoms with Crippen LogP contribution in [-0.4, -0.2) is 13.1 Å². The van der Waals surface area contributed by atoms with Crippen LogP contribution in [0.5, 0.6) is 0 Å². The van der Waals surface area contributed by atoms with Crippen molar-refractivity contribution >= 4 is 17.3 Å². The van der Waals surface area contributed by atoms with Crippen LogP contribution in [-0.2, 0) is 11.3 Å². The van der Waals surface area contributed by atoms with Crippen molar-refractivity contribution in [2.24, 2.45) is 0 Å². The molecule has 0 aliphatic rings. The van der Waals surface area contributed by atoms with Crippen LogP contribution in [0.1, 0.15) is 15.9 Å². The van der Waals surface area contributed by atoms with Gasteiger partial charge in [-0.25, -0.2) is 4.79 Å². The molecular formula is C13H14N2O3. The molecule has 3 N–H and O–H groups in total. The van der Waals surface area contributed by atoms with Crippen LogP contribution in [0.3, 0.4) is 0 Å². The number of methoxy groups -OCH3 is 1. The maximum Gasteiger partial charge on any atom is 0.340 e. The minimum atomic E-state index is -0.419. The average Bonchev–Trinajstić information content (AvgIpc) is 2.89. The van der Waals surface area contributed by atoms with Gasteiger partial charge in [-0.05, 0) is 24.3 Å². The van der Waals surface area contributed by atoms with E-state index >= 15 is 0 Å². The van der Waals surface area contributed by atoms with Gasteiger partial charge in [0.05, 0.1) is 25.2 Å². The van der Waals surface area contributed by atoms with Crippen molar-refractivity contribution in [3.63, 3.8) is 0 Å². The Bertz CT molecular complexity index is 535. The Balaban J connectivity index is 2.18. The molecule has 0 unspecified atom stereocenters. The highest BCUT2D eigenvalue weighted by Crippen LogP contribution is 2.20. The topological polar surface area (TPSA) is 77.5 Å². The summed E-state index contributed by atoms with van der Waals surface area (Å²) in [6, 6.07) is 6.91. The Labute approximate surface area is 105 Å². The van der Waals surface area contributed by atoms with E-state index in [2.05, 4.69) is 5.32 Å². The first-order valence-electron chi connectivity index (χ1n) is 5.43. The number of nitrogen functional groups attached to an aromatic ring is 1. The predicted octanol–water partition coefficient (Wildman–Crippen LogP) is 2.26. The van der Waals surface area contributed by atoms with Gasteiger partial charge in [-0.3, -0.25) is 0 Å². The molecule has 0 saturated heterocycles. The second kappa shape index (κ2) is 5.27. The van der Waals surface area contributed by atoms with Gasteiger partial charge in [-0.1, -0.05) is 0 Å². The smallest absolute Gasteiger partial charge is 0.340 e. The van der Waals surface area contributed by atoms with E-state index in [0.717, 1.165) is 5.56 Å². The van der Waals surface area contributed by atoms with Crippen LogP contribution in [0.2, 0.25) is 0 Å². The predicted molar refractivity (Wildman–Crippen MR) is 68.2 cm³/mol. The summed E-state index contributed by atoms with van der Waals surface area (Å²) in [5.41, 5.74) is 8.26. The van der Waals surface area contributed by atoms with Crippen LogP contribution in [0, 0.1) is 0 Å². The molecule has 0 aliphatic carbocycles. The van der Waals surface area contributed by atoms with Gasteiger partial charge in [0.1, 0.15) is 0 Å². The standard InChI is InChI=1S/C13H14N2O3/c1-17-13(16)11-6-10(14)2-3-12(11)15-7-9-4-5-18-8-9/h2-6,8,15H,7,14H2,1H3. The monoisotopic (exact) mass is 246 g/mol. The molecule has 0 aliphatic heterocycles. The number of nitrogens with one attached hydrogen (secondary N) is 1. The summed E-state index contributed by atoms with van der Waals surface area (Å²) in [7, 11) is 1.34. The van der Waals surface area contributed by atoms with E-state index in [1.807, 2.05) is 6.07 Å². The summed E-state index contributed by atoms with van der Waals surface area (Å²) in [4.78, 5) is 11.6. The maximum atomic E-state index is 11.6. The Morgan fingerprint density at radius 2 is 2.28 bits per heavy atom. The van der Waals surface area contributed by atoms with E-state index in [1.165, 1.54) is 7.11 Å². The van der Waals surface area contributed by atoms with Gasteiger partial charge in [-0.2, -0.15) is 0 Å². The van der Waals surface area contributed by atoms with Crippen molar-refractivity contribution in [2.75, 3.05) is 18.2 Å². The molecule has 0 bridgehead atoms. The Kier molecular flexibility index (Phi) is 3.52. The van der Waals surface area contributed by atoms with Gasteiger partial charge in [0, 0.05) is 23.5 Å². The third-order valence-electron chi connectivity index (χ3n) is 2.51. The number of anilines is 2. The third-order valence-corrected chi connectivity index (χ3v) is 2.51. The molecule has 5 nitrogen and oxygen atoms in total. The number of benzene rings is 1. The van der Waals surface area contributed by atoms with Crippen molar-refractivity contribution in [1.29, 1.82) is 0 Å². The zero-order chi connectivity index (χ0) is 13.0. The van der Waals surface area contributed by atoms with Gasteiger partial charge >= 0.3 is 5.97 Å².